The molecule has 3 aromatic rings. The molecule has 1 aliphatic heterocycles. The number of carbonyl (C=O) groups is 1. The number of carbonyl (C=O) groups excluding carboxylic acids is 1. The van der Waals surface area contributed by atoms with E-state index in [1.807, 2.05) is 24.3 Å². The minimum Gasteiger partial charge on any atom is -0.376 e. The van der Waals surface area contributed by atoms with E-state index in [4.69, 9.17) is 4.74 Å². The minimum atomic E-state index is -0.507. The van der Waals surface area contributed by atoms with E-state index < -0.39 is 4.92 Å². The molecule has 1 saturated heterocycles. The Morgan fingerprint density at radius 3 is 2.96 bits per heavy atom. The van der Waals surface area contributed by atoms with Crippen molar-refractivity contribution in [1.82, 2.24) is 15.3 Å². The molecule has 2 heterocycles. The summed E-state index contributed by atoms with van der Waals surface area (Å²) in [5.74, 6) is -0.363. The van der Waals surface area contributed by atoms with E-state index in [-0.39, 0.29) is 23.3 Å². The Bertz CT molecular complexity index is 997. The van der Waals surface area contributed by atoms with Gasteiger partial charge in [0.25, 0.3) is 11.6 Å². The summed E-state index contributed by atoms with van der Waals surface area (Å²) in [6, 6.07) is 11.9. The van der Waals surface area contributed by atoms with E-state index in [0.29, 0.717) is 23.2 Å². The lowest BCUT2D eigenvalue weighted by atomic mass is 10.1. The molecule has 1 atom stereocenters. The fourth-order valence-corrected chi connectivity index (χ4v) is 4.00. The number of nitro benzene ring substituents is 1. The number of nitrogens with zero attached hydrogens (tertiary/aromatic N) is 2. The van der Waals surface area contributed by atoms with Crippen molar-refractivity contribution in [2.45, 2.75) is 29.0 Å². The number of non-ortho nitro benzene ring substituents is 1. The zero-order chi connectivity index (χ0) is 19.5. The molecule has 28 heavy (non-hydrogen) atoms. The predicted octanol–water partition coefficient (Wildman–Crippen LogP) is 3.53. The second-order valence-corrected chi connectivity index (χ2v) is 7.47. The number of H-pyrrole nitrogens is 1. The molecule has 0 aliphatic carbocycles. The van der Waals surface area contributed by atoms with Crippen LogP contribution < -0.4 is 5.32 Å². The molecule has 1 aromatic heterocycles. The first-order valence-corrected chi connectivity index (χ1v) is 9.72. The summed E-state index contributed by atoms with van der Waals surface area (Å²) < 4.78 is 5.52. The highest BCUT2D eigenvalue weighted by molar-refractivity contribution is 7.99. The predicted molar refractivity (Wildman–Crippen MR) is 105 cm³/mol. The third kappa shape index (κ3) is 4.00. The van der Waals surface area contributed by atoms with Gasteiger partial charge in [0.05, 0.1) is 27.6 Å². The second kappa shape index (κ2) is 7.99. The molecule has 8 nitrogen and oxygen atoms in total. The zero-order valence-corrected chi connectivity index (χ0v) is 15.7. The van der Waals surface area contributed by atoms with E-state index in [1.54, 1.807) is 6.07 Å². The number of imidazole rings is 1. The summed E-state index contributed by atoms with van der Waals surface area (Å²) in [5, 5.41) is 14.6. The number of ether oxygens (including phenoxy) is 1. The fourth-order valence-electron chi connectivity index (χ4n) is 3.09. The van der Waals surface area contributed by atoms with Crippen LogP contribution in [-0.2, 0) is 4.74 Å². The molecule has 144 valence electrons. The maximum atomic E-state index is 12.7. The van der Waals surface area contributed by atoms with Gasteiger partial charge in [-0.25, -0.2) is 4.98 Å². The Morgan fingerprint density at radius 1 is 1.36 bits per heavy atom. The SMILES string of the molecule is O=C(NC[C@@H]1CCCO1)c1cc([N+](=O)[O-])ccc1Sc1nc2ccccc2[nH]1. The maximum absolute atomic E-state index is 12.7. The highest BCUT2D eigenvalue weighted by Gasteiger charge is 2.21. The molecular weight excluding hydrogens is 380 g/mol. The average molecular weight is 398 g/mol. The molecule has 2 aromatic carbocycles. The number of nitrogens with one attached hydrogen (secondary N) is 2. The molecule has 4 rings (SSSR count). The number of aromatic nitrogens is 2. The zero-order valence-electron chi connectivity index (χ0n) is 14.9. The number of benzene rings is 2. The van der Waals surface area contributed by atoms with Crippen LogP contribution in [0.15, 0.2) is 52.5 Å². The largest absolute Gasteiger partial charge is 0.376 e. The number of nitro groups is 1. The lowest BCUT2D eigenvalue weighted by Crippen LogP contribution is -2.32. The Labute approximate surface area is 164 Å². The molecular formula is C19H18N4O4S. The number of para-hydroxylation sites is 2. The minimum absolute atomic E-state index is 0.00544. The highest BCUT2D eigenvalue weighted by Crippen LogP contribution is 2.32. The molecule has 9 heteroatoms. The van der Waals surface area contributed by atoms with Gasteiger partial charge in [0, 0.05) is 30.2 Å². The van der Waals surface area contributed by atoms with Crippen molar-refractivity contribution in [3.8, 4) is 0 Å². The number of fused-ring (bicyclic) bond motifs is 1. The Kier molecular flexibility index (Phi) is 5.27. The first-order chi connectivity index (χ1) is 13.6. The van der Waals surface area contributed by atoms with Gasteiger partial charge in [-0.3, -0.25) is 14.9 Å². The van der Waals surface area contributed by atoms with Crippen LogP contribution >= 0.6 is 11.8 Å². The average Bonchev–Trinajstić information content (AvgIpc) is 3.35. The van der Waals surface area contributed by atoms with Gasteiger partial charge in [0.2, 0.25) is 0 Å². The Hall–Kier alpha value is -2.91. The van der Waals surface area contributed by atoms with Crippen LogP contribution in [0.2, 0.25) is 0 Å². The summed E-state index contributed by atoms with van der Waals surface area (Å²) >= 11 is 1.27. The van der Waals surface area contributed by atoms with Crippen molar-refractivity contribution < 1.29 is 14.5 Å². The van der Waals surface area contributed by atoms with Crippen molar-refractivity contribution in [3.63, 3.8) is 0 Å². The molecule has 0 spiro atoms. The third-order valence-corrected chi connectivity index (χ3v) is 5.47. The van der Waals surface area contributed by atoms with Gasteiger partial charge in [0.15, 0.2) is 5.16 Å². The lowest BCUT2D eigenvalue weighted by Gasteiger charge is -2.12. The van der Waals surface area contributed by atoms with Gasteiger partial charge in [-0.2, -0.15) is 0 Å². The standard InChI is InChI=1S/C19H18N4O4S/c24-18(20-11-13-4-3-9-27-13)14-10-12(23(25)26)7-8-17(14)28-19-21-15-5-1-2-6-16(15)22-19/h1-2,5-8,10,13H,3-4,9,11H2,(H,20,24)(H,21,22)/t13-/m0/s1. The van der Waals surface area contributed by atoms with E-state index in [0.717, 1.165) is 23.9 Å². The fraction of sp³-hybridized carbons (Fsp3) is 0.263. The molecule has 0 bridgehead atoms. The monoisotopic (exact) mass is 398 g/mol. The molecule has 2 N–H and O–H groups in total. The van der Waals surface area contributed by atoms with Gasteiger partial charge in [0.1, 0.15) is 0 Å². The van der Waals surface area contributed by atoms with E-state index in [2.05, 4.69) is 15.3 Å². The number of hydrogen-bond donors (Lipinski definition) is 2. The first kappa shape index (κ1) is 18.5. The van der Waals surface area contributed by atoms with Crippen LogP contribution in [0.4, 0.5) is 5.69 Å². The summed E-state index contributed by atoms with van der Waals surface area (Å²) in [7, 11) is 0. The van der Waals surface area contributed by atoms with Crippen molar-refractivity contribution in [2.24, 2.45) is 0 Å². The van der Waals surface area contributed by atoms with Gasteiger partial charge < -0.3 is 15.0 Å². The Balaban J connectivity index is 1.59. The second-order valence-electron chi connectivity index (χ2n) is 6.44. The lowest BCUT2D eigenvalue weighted by molar-refractivity contribution is -0.384. The normalized spacial score (nSPS) is 16.4. The highest BCUT2D eigenvalue weighted by atomic mass is 32.2. The van der Waals surface area contributed by atoms with Crippen molar-refractivity contribution in [3.05, 3.63) is 58.1 Å². The molecule has 1 fully saturated rings. The summed E-state index contributed by atoms with van der Waals surface area (Å²) in [4.78, 5) is 31.7. The summed E-state index contributed by atoms with van der Waals surface area (Å²) in [6.45, 7) is 1.08. The molecule has 0 saturated carbocycles. The van der Waals surface area contributed by atoms with E-state index >= 15 is 0 Å². The first-order valence-electron chi connectivity index (χ1n) is 8.91. The van der Waals surface area contributed by atoms with Crippen molar-refractivity contribution >= 4 is 34.4 Å². The smallest absolute Gasteiger partial charge is 0.270 e. The van der Waals surface area contributed by atoms with E-state index in [1.165, 1.54) is 23.9 Å². The van der Waals surface area contributed by atoms with Crippen LogP contribution in [0.3, 0.4) is 0 Å². The van der Waals surface area contributed by atoms with Gasteiger partial charge in [-0.1, -0.05) is 23.9 Å². The van der Waals surface area contributed by atoms with Crippen LogP contribution in [-0.4, -0.2) is 40.1 Å². The van der Waals surface area contributed by atoms with Crippen LogP contribution in [0.1, 0.15) is 23.2 Å². The summed E-state index contributed by atoms with van der Waals surface area (Å²) in [6.07, 6.45) is 1.87. The Morgan fingerprint density at radius 2 is 2.21 bits per heavy atom. The van der Waals surface area contributed by atoms with Crippen LogP contribution in [0.5, 0.6) is 0 Å². The van der Waals surface area contributed by atoms with Crippen molar-refractivity contribution in [1.29, 1.82) is 0 Å². The number of amides is 1. The number of hydrogen-bond acceptors (Lipinski definition) is 6. The van der Waals surface area contributed by atoms with Crippen LogP contribution in [0, 0.1) is 10.1 Å². The third-order valence-electron chi connectivity index (χ3n) is 4.51. The van der Waals surface area contributed by atoms with E-state index in [9.17, 15) is 14.9 Å². The molecule has 1 amide bonds. The van der Waals surface area contributed by atoms with Gasteiger partial charge >= 0.3 is 0 Å². The van der Waals surface area contributed by atoms with Crippen molar-refractivity contribution in [2.75, 3.05) is 13.2 Å². The topological polar surface area (TPSA) is 110 Å². The van der Waals surface area contributed by atoms with Gasteiger partial charge in [-0.05, 0) is 31.0 Å². The maximum Gasteiger partial charge on any atom is 0.270 e. The molecule has 1 aliphatic rings. The number of rotatable bonds is 6. The van der Waals surface area contributed by atoms with Crippen LogP contribution in [0.25, 0.3) is 11.0 Å². The summed E-state index contributed by atoms with van der Waals surface area (Å²) in [5.41, 5.74) is 1.82. The quantitative estimate of drug-likeness (QED) is 0.485. The van der Waals surface area contributed by atoms with Gasteiger partial charge in [-0.15, -0.1) is 0 Å². The number of aromatic amines is 1. The molecule has 0 unspecified atom stereocenters. The molecule has 0 radical (unpaired) electrons.